The SMILES string of the molecule is CC1CN(C(=O)c2cc(N)cc(F)c2)CC(C)(C)O1. The minimum atomic E-state index is -0.496. The molecule has 5 heteroatoms. The smallest absolute Gasteiger partial charge is 0.254 e. The Hall–Kier alpha value is -1.62. The van der Waals surface area contributed by atoms with Crippen LogP contribution in [0.5, 0.6) is 0 Å². The summed E-state index contributed by atoms with van der Waals surface area (Å²) in [6, 6.07) is 3.91. The van der Waals surface area contributed by atoms with Crippen LogP contribution in [0.25, 0.3) is 0 Å². The van der Waals surface area contributed by atoms with Gasteiger partial charge < -0.3 is 15.4 Å². The molecule has 2 rings (SSSR count). The Morgan fingerprint density at radius 3 is 2.74 bits per heavy atom. The van der Waals surface area contributed by atoms with Gasteiger partial charge in [0, 0.05) is 24.3 Å². The molecule has 4 nitrogen and oxygen atoms in total. The van der Waals surface area contributed by atoms with Gasteiger partial charge in [-0.2, -0.15) is 0 Å². The maximum atomic E-state index is 13.3. The summed E-state index contributed by atoms with van der Waals surface area (Å²) in [6.07, 6.45) is -0.0430. The van der Waals surface area contributed by atoms with E-state index in [1.807, 2.05) is 20.8 Å². The first-order valence-corrected chi connectivity index (χ1v) is 6.30. The Balaban J connectivity index is 2.23. The van der Waals surface area contributed by atoms with E-state index in [1.165, 1.54) is 18.2 Å². The maximum absolute atomic E-state index is 13.3. The average molecular weight is 266 g/mol. The van der Waals surface area contributed by atoms with Gasteiger partial charge in [0.2, 0.25) is 0 Å². The summed E-state index contributed by atoms with van der Waals surface area (Å²) in [7, 11) is 0. The van der Waals surface area contributed by atoms with Gasteiger partial charge in [0.15, 0.2) is 0 Å². The molecule has 0 aromatic heterocycles. The summed E-state index contributed by atoms with van der Waals surface area (Å²) in [4.78, 5) is 14.1. The van der Waals surface area contributed by atoms with Crippen molar-refractivity contribution in [1.29, 1.82) is 0 Å². The van der Waals surface area contributed by atoms with Crippen LogP contribution < -0.4 is 5.73 Å². The summed E-state index contributed by atoms with van der Waals surface area (Å²) >= 11 is 0. The molecule has 1 aromatic rings. The molecule has 2 N–H and O–H groups in total. The molecular weight excluding hydrogens is 247 g/mol. The molecule has 1 fully saturated rings. The number of amides is 1. The summed E-state index contributed by atoms with van der Waals surface area (Å²) in [5.41, 5.74) is 5.71. The number of hydrogen-bond acceptors (Lipinski definition) is 3. The number of ether oxygens (including phenoxy) is 1. The number of benzene rings is 1. The zero-order chi connectivity index (χ0) is 14.2. The van der Waals surface area contributed by atoms with Gasteiger partial charge in [-0.05, 0) is 39.0 Å². The predicted octanol–water partition coefficient (Wildman–Crippen LogP) is 2.05. The van der Waals surface area contributed by atoms with E-state index < -0.39 is 11.4 Å². The Labute approximate surface area is 112 Å². The summed E-state index contributed by atoms with van der Waals surface area (Å²) in [6.45, 7) is 6.76. The van der Waals surface area contributed by atoms with Crippen molar-refractivity contribution < 1.29 is 13.9 Å². The number of carbonyl (C=O) groups excluding carboxylic acids is 1. The van der Waals surface area contributed by atoms with E-state index in [0.717, 1.165) is 0 Å². The monoisotopic (exact) mass is 266 g/mol. The van der Waals surface area contributed by atoms with Crippen LogP contribution in [0.1, 0.15) is 31.1 Å². The molecule has 104 valence electrons. The number of anilines is 1. The maximum Gasteiger partial charge on any atom is 0.254 e. The first kappa shape index (κ1) is 13.8. The Morgan fingerprint density at radius 2 is 2.16 bits per heavy atom. The van der Waals surface area contributed by atoms with Crippen molar-refractivity contribution >= 4 is 11.6 Å². The van der Waals surface area contributed by atoms with E-state index in [1.54, 1.807) is 4.90 Å². The van der Waals surface area contributed by atoms with E-state index in [-0.39, 0.29) is 23.3 Å². The highest BCUT2D eigenvalue weighted by molar-refractivity contribution is 5.95. The van der Waals surface area contributed by atoms with Gasteiger partial charge in [-0.15, -0.1) is 0 Å². The Kier molecular flexibility index (Phi) is 3.49. The van der Waals surface area contributed by atoms with Gasteiger partial charge in [0.05, 0.1) is 11.7 Å². The summed E-state index contributed by atoms with van der Waals surface area (Å²) < 4.78 is 19.1. The average Bonchev–Trinajstić information content (AvgIpc) is 2.23. The highest BCUT2D eigenvalue weighted by Crippen LogP contribution is 2.23. The summed E-state index contributed by atoms with van der Waals surface area (Å²) in [5.74, 6) is -0.710. The van der Waals surface area contributed by atoms with Crippen molar-refractivity contribution in [3.63, 3.8) is 0 Å². The molecule has 0 spiro atoms. The lowest BCUT2D eigenvalue weighted by Gasteiger charge is -2.41. The Bertz CT molecular complexity index is 482. The molecule has 1 atom stereocenters. The molecule has 0 aliphatic carbocycles. The molecule has 1 aromatic carbocycles. The molecule has 0 saturated carbocycles. The molecular formula is C14H19FN2O2. The van der Waals surface area contributed by atoms with Gasteiger partial charge in [0.25, 0.3) is 5.91 Å². The first-order valence-electron chi connectivity index (χ1n) is 6.30. The molecule has 1 unspecified atom stereocenters. The van der Waals surface area contributed by atoms with Gasteiger partial charge >= 0.3 is 0 Å². The van der Waals surface area contributed by atoms with Crippen LogP contribution in [0.4, 0.5) is 10.1 Å². The fourth-order valence-electron chi connectivity index (χ4n) is 2.53. The van der Waals surface area contributed by atoms with Gasteiger partial charge in [-0.1, -0.05) is 0 Å². The molecule has 0 bridgehead atoms. The van der Waals surface area contributed by atoms with Gasteiger partial charge in [-0.25, -0.2) is 4.39 Å². The van der Waals surface area contributed by atoms with Crippen LogP contribution in [0, 0.1) is 5.82 Å². The van der Waals surface area contributed by atoms with E-state index in [0.29, 0.717) is 13.1 Å². The molecule has 0 radical (unpaired) electrons. The number of nitrogens with two attached hydrogens (primary N) is 1. The third-order valence-corrected chi connectivity index (χ3v) is 3.02. The number of halogens is 1. The van der Waals surface area contributed by atoms with Crippen LogP contribution in [0.3, 0.4) is 0 Å². The number of carbonyl (C=O) groups is 1. The highest BCUT2D eigenvalue weighted by atomic mass is 19.1. The van der Waals surface area contributed by atoms with Crippen LogP contribution in [0.15, 0.2) is 18.2 Å². The van der Waals surface area contributed by atoms with Gasteiger partial charge in [-0.3, -0.25) is 4.79 Å². The van der Waals surface area contributed by atoms with E-state index in [4.69, 9.17) is 10.5 Å². The van der Waals surface area contributed by atoms with Gasteiger partial charge in [0.1, 0.15) is 5.82 Å². The predicted molar refractivity (Wildman–Crippen MR) is 71.3 cm³/mol. The lowest BCUT2D eigenvalue weighted by molar-refractivity contribution is -0.118. The van der Waals surface area contributed by atoms with Crippen molar-refractivity contribution in [1.82, 2.24) is 4.90 Å². The number of nitrogens with zero attached hydrogens (tertiary/aromatic N) is 1. The molecule has 1 aliphatic rings. The normalized spacial score (nSPS) is 22.3. The fourth-order valence-corrected chi connectivity index (χ4v) is 2.53. The quantitative estimate of drug-likeness (QED) is 0.791. The highest BCUT2D eigenvalue weighted by Gasteiger charge is 2.34. The number of hydrogen-bond donors (Lipinski definition) is 1. The second-order valence-corrected chi connectivity index (χ2v) is 5.65. The minimum absolute atomic E-state index is 0.0430. The van der Waals surface area contributed by atoms with E-state index in [2.05, 4.69) is 0 Å². The minimum Gasteiger partial charge on any atom is -0.399 e. The second-order valence-electron chi connectivity index (χ2n) is 5.65. The topological polar surface area (TPSA) is 55.6 Å². The zero-order valence-electron chi connectivity index (χ0n) is 11.4. The van der Waals surface area contributed by atoms with Crippen LogP contribution in [0.2, 0.25) is 0 Å². The second kappa shape index (κ2) is 4.81. The number of nitrogen functional groups attached to an aromatic ring is 1. The van der Waals surface area contributed by atoms with Crippen molar-refractivity contribution in [3.8, 4) is 0 Å². The largest absolute Gasteiger partial charge is 0.399 e. The first-order chi connectivity index (χ1) is 8.77. The van der Waals surface area contributed by atoms with Crippen molar-refractivity contribution in [2.24, 2.45) is 0 Å². The molecule has 1 saturated heterocycles. The van der Waals surface area contributed by atoms with Crippen LogP contribution in [-0.4, -0.2) is 35.6 Å². The van der Waals surface area contributed by atoms with E-state index in [9.17, 15) is 9.18 Å². The molecule has 19 heavy (non-hydrogen) atoms. The zero-order valence-corrected chi connectivity index (χ0v) is 11.4. The van der Waals surface area contributed by atoms with Crippen molar-refractivity contribution in [2.45, 2.75) is 32.5 Å². The summed E-state index contributed by atoms with van der Waals surface area (Å²) in [5, 5.41) is 0. The standard InChI is InChI=1S/C14H19FN2O2/c1-9-7-17(8-14(2,3)19-9)13(18)10-4-11(15)6-12(16)5-10/h4-6,9H,7-8,16H2,1-3H3. The number of morpholine rings is 1. The lowest BCUT2D eigenvalue weighted by atomic mass is 10.0. The third-order valence-electron chi connectivity index (χ3n) is 3.02. The Morgan fingerprint density at radius 1 is 1.47 bits per heavy atom. The van der Waals surface area contributed by atoms with E-state index >= 15 is 0 Å². The van der Waals surface area contributed by atoms with Crippen molar-refractivity contribution in [2.75, 3.05) is 18.8 Å². The molecule has 1 amide bonds. The lowest BCUT2D eigenvalue weighted by Crippen LogP contribution is -2.53. The van der Waals surface area contributed by atoms with Crippen LogP contribution in [-0.2, 0) is 4.74 Å². The third kappa shape index (κ3) is 3.23. The molecule has 1 aliphatic heterocycles. The van der Waals surface area contributed by atoms with Crippen molar-refractivity contribution in [3.05, 3.63) is 29.6 Å². The fraction of sp³-hybridized carbons (Fsp3) is 0.500. The van der Waals surface area contributed by atoms with Crippen LogP contribution >= 0.6 is 0 Å². The molecule has 1 heterocycles. The number of rotatable bonds is 1.